The molecule has 0 amide bonds. The van der Waals surface area contributed by atoms with Crippen molar-refractivity contribution in [2.45, 2.75) is 6.92 Å². The zero-order chi connectivity index (χ0) is 15.2. The number of halogens is 1. The SMILES string of the molecule is Cc1cccc(OCCOc2cccc(B(O)O)c2)c1F. The van der Waals surface area contributed by atoms with Crippen molar-refractivity contribution >= 4 is 12.6 Å². The highest BCUT2D eigenvalue weighted by Gasteiger charge is 2.11. The molecule has 0 aliphatic carbocycles. The summed E-state index contributed by atoms with van der Waals surface area (Å²) in [6.45, 7) is 2.08. The molecule has 0 aliphatic heterocycles. The monoisotopic (exact) mass is 290 g/mol. The van der Waals surface area contributed by atoms with Crippen molar-refractivity contribution in [1.29, 1.82) is 0 Å². The third-order valence-electron chi connectivity index (χ3n) is 2.92. The lowest BCUT2D eigenvalue weighted by molar-refractivity contribution is 0.211. The summed E-state index contributed by atoms with van der Waals surface area (Å²) >= 11 is 0. The first-order chi connectivity index (χ1) is 10.1. The number of benzene rings is 2. The van der Waals surface area contributed by atoms with Crippen LogP contribution in [0.15, 0.2) is 42.5 Å². The van der Waals surface area contributed by atoms with Gasteiger partial charge in [-0.2, -0.15) is 0 Å². The van der Waals surface area contributed by atoms with Crippen LogP contribution in [0.4, 0.5) is 4.39 Å². The summed E-state index contributed by atoms with van der Waals surface area (Å²) < 4.78 is 24.4. The predicted octanol–water partition coefficient (Wildman–Crippen LogP) is 1.27. The van der Waals surface area contributed by atoms with Gasteiger partial charge in [-0.3, -0.25) is 0 Å². The standard InChI is InChI=1S/C15H16BFO4/c1-11-4-2-7-14(15(11)17)21-9-8-20-13-6-3-5-12(10-13)16(18)19/h2-7,10,18-19H,8-9H2,1H3. The predicted molar refractivity (Wildman–Crippen MR) is 78.4 cm³/mol. The summed E-state index contributed by atoms with van der Waals surface area (Å²) in [5.74, 6) is 0.315. The Morgan fingerprint density at radius 1 is 1.05 bits per heavy atom. The van der Waals surface area contributed by atoms with Gasteiger partial charge in [-0.1, -0.05) is 24.3 Å². The fraction of sp³-hybridized carbons (Fsp3) is 0.200. The largest absolute Gasteiger partial charge is 0.490 e. The van der Waals surface area contributed by atoms with Gasteiger partial charge < -0.3 is 19.5 Å². The Morgan fingerprint density at radius 2 is 1.76 bits per heavy atom. The van der Waals surface area contributed by atoms with Crippen LogP contribution >= 0.6 is 0 Å². The van der Waals surface area contributed by atoms with E-state index >= 15 is 0 Å². The molecule has 0 fully saturated rings. The van der Waals surface area contributed by atoms with Gasteiger partial charge in [-0.15, -0.1) is 0 Å². The minimum atomic E-state index is -1.54. The molecule has 2 aromatic carbocycles. The molecule has 6 heteroatoms. The molecule has 0 saturated heterocycles. The van der Waals surface area contributed by atoms with E-state index in [9.17, 15) is 4.39 Å². The summed E-state index contributed by atoms with van der Waals surface area (Å²) in [5, 5.41) is 18.1. The molecule has 0 radical (unpaired) electrons. The van der Waals surface area contributed by atoms with Gasteiger partial charge in [-0.05, 0) is 36.1 Å². The maximum atomic E-state index is 13.7. The lowest BCUT2D eigenvalue weighted by Crippen LogP contribution is -2.29. The average Bonchev–Trinajstić information content (AvgIpc) is 2.48. The van der Waals surface area contributed by atoms with E-state index in [2.05, 4.69) is 0 Å². The number of hydrogen-bond donors (Lipinski definition) is 2. The zero-order valence-electron chi connectivity index (χ0n) is 11.6. The quantitative estimate of drug-likeness (QED) is 0.621. The Balaban J connectivity index is 1.85. The third-order valence-corrected chi connectivity index (χ3v) is 2.92. The Morgan fingerprint density at radius 3 is 2.52 bits per heavy atom. The molecule has 0 spiro atoms. The van der Waals surface area contributed by atoms with Crippen molar-refractivity contribution in [2.75, 3.05) is 13.2 Å². The molecular formula is C15H16BFO4. The topological polar surface area (TPSA) is 58.9 Å². The number of aryl methyl sites for hydroxylation is 1. The van der Waals surface area contributed by atoms with Crippen LogP contribution < -0.4 is 14.9 Å². The molecular weight excluding hydrogens is 274 g/mol. The van der Waals surface area contributed by atoms with E-state index in [0.29, 0.717) is 16.8 Å². The molecule has 2 rings (SSSR count). The fourth-order valence-electron chi connectivity index (χ4n) is 1.81. The first-order valence-corrected chi connectivity index (χ1v) is 6.55. The Hall–Kier alpha value is -2.05. The summed E-state index contributed by atoms with van der Waals surface area (Å²) in [5.41, 5.74) is 0.871. The molecule has 0 atom stereocenters. The molecule has 0 unspecified atom stereocenters. The number of ether oxygens (including phenoxy) is 2. The van der Waals surface area contributed by atoms with Gasteiger partial charge in [0, 0.05) is 0 Å². The molecule has 0 heterocycles. The molecule has 0 aliphatic rings. The van der Waals surface area contributed by atoms with Crippen molar-refractivity contribution < 1.29 is 23.9 Å². The first-order valence-electron chi connectivity index (χ1n) is 6.55. The lowest BCUT2D eigenvalue weighted by atomic mass is 9.80. The van der Waals surface area contributed by atoms with E-state index in [4.69, 9.17) is 19.5 Å². The van der Waals surface area contributed by atoms with Crippen molar-refractivity contribution in [1.82, 2.24) is 0 Å². The van der Waals surface area contributed by atoms with Gasteiger partial charge in [0.25, 0.3) is 0 Å². The average molecular weight is 290 g/mol. The van der Waals surface area contributed by atoms with Gasteiger partial charge >= 0.3 is 7.12 Å². The second-order valence-corrected chi connectivity index (χ2v) is 4.53. The maximum absolute atomic E-state index is 13.7. The summed E-state index contributed by atoms with van der Waals surface area (Å²) in [4.78, 5) is 0. The summed E-state index contributed by atoms with van der Waals surface area (Å²) in [6.07, 6.45) is 0. The van der Waals surface area contributed by atoms with E-state index in [-0.39, 0.29) is 24.8 Å². The zero-order valence-corrected chi connectivity index (χ0v) is 11.6. The van der Waals surface area contributed by atoms with Crippen molar-refractivity contribution in [3.8, 4) is 11.5 Å². The summed E-state index contributed by atoms with van der Waals surface area (Å²) in [6, 6.07) is 11.4. The van der Waals surface area contributed by atoms with E-state index in [0.717, 1.165) is 0 Å². The van der Waals surface area contributed by atoms with Crippen molar-refractivity contribution in [2.24, 2.45) is 0 Å². The third kappa shape index (κ3) is 4.21. The molecule has 2 N–H and O–H groups in total. The Labute approximate surface area is 122 Å². The smallest absolute Gasteiger partial charge is 0.488 e. The van der Waals surface area contributed by atoms with Crippen LogP contribution in [0.5, 0.6) is 11.5 Å². The van der Waals surface area contributed by atoms with Crippen molar-refractivity contribution in [3.05, 3.63) is 53.8 Å². The van der Waals surface area contributed by atoms with Gasteiger partial charge in [0.15, 0.2) is 11.6 Å². The van der Waals surface area contributed by atoms with Crippen molar-refractivity contribution in [3.63, 3.8) is 0 Å². The molecule has 4 nitrogen and oxygen atoms in total. The highest BCUT2D eigenvalue weighted by Crippen LogP contribution is 2.19. The van der Waals surface area contributed by atoms with E-state index in [1.165, 1.54) is 6.07 Å². The second-order valence-electron chi connectivity index (χ2n) is 4.53. The molecule has 2 aromatic rings. The molecule has 0 saturated carbocycles. The van der Waals surface area contributed by atoms with Crippen LogP contribution in [0.25, 0.3) is 0 Å². The van der Waals surface area contributed by atoms with E-state index in [1.807, 2.05) is 0 Å². The van der Waals surface area contributed by atoms with Crippen LogP contribution in [0, 0.1) is 12.7 Å². The maximum Gasteiger partial charge on any atom is 0.488 e. The van der Waals surface area contributed by atoms with Gasteiger partial charge in [0.05, 0.1) is 0 Å². The van der Waals surface area contributed by atoms with Crippen LogP contribution in [0.2, 0.25) is 0 Å². The molecule has 110 valence electrons. The minimum absolute atomic E-state index is 0.187. The van der Waals surface area contributed by atoms with Gasteiger partial charge in [0.1, 0.15) is 19.0 Å². The first kappa shape index (κ1) is 15.3. The fourth-order valence-corrected chi connectivity index (χ4v) is 1.81. The molecule has 0 aromatic heterocycles. The second kappa shape index (κ2) is 7.10. The lowest BCUT2D eigenvalue weighted by Gasteiger charge is -2.10. The van der Waals surface area contributed by atoms with E-state index < -0.39 is 7.12 Å². The molecule has 0 bridgehead atoms. The number of rotatable bonds is 6. The van der Waals surface area contributed by atoms with E-state index in [1.54, 1.807) is 43.3 Å². The van der Waals surface area contributed by atoms with Crippen LogP contribution in [0.1, 0.15) is 5.56 Å². The van der Waals surface area contributed by atoms with Gasteiger partial charge in [-0.25, -0.2) is 4.39 Å². The summed E-state index contributed by atoms with van der Waals surface area (Å²) in [7, 11) is -1.54. The highest BCUT2D eigenvalue weighted by atomic mass is 19.1. The van der Waals surface area contributed by atoms with Crippen LogP contribution in [-0.4, -0.2) is 30.4 Å². The molecule has 21 heavy (non-hydrogen) atoms. The Bertz CT molecular complexity index is 604. The van der Waals surface area contributed by atoms with Crippen LogP contribution in [0.3, 0.4) is 0 Å². The minimum Gasteiger partial charge on any atom is -0.490 e. The normalized spacial score (nSPS) is 10.3. The van der Waals surface area contributed by atoms with Crippen LogP contribution in [-0.2, 0) is 0 Å². The highest BCUT2D eigenvalue weighted by molar-refractivity contribution is 6.58. The van der Waals surface area contributed by atoms with Gasteiger partial charge in [0.2, 0.25) is 0 Å². The Kier molecular flexibility index (Phi) is 5.19. The number of hydrogen-bond acceptors (Lipinski definition) is 4.